The fraction of sp³-hybridized carbons (Fsp3) is 0.235. The number of halogens is 2. The topological polar surface area (TPSA) is 63.2 Å². The Morgan fingerprint density at radius 3 is 2.46 bits per heavy atom. The van der Waals surface area contributed by atoms with Crippen molar-refractivity contribution in [2.45, 2.75) is 24.8 Å². The normalized spacial score (nSPS) is 12.7. The lowest BCUT2D eigenvalue weighted by atomic mass is 10.1. The summed E-state index contributed by atoms with van der Waals surface area (Å²) in [5, 5.41) is 2.74. The van der Waals surface area contributed by atoms with E-state index in [0.717, 1.165) is 6.26 Å². The van der Waals surface area contributed by atoms with Crippen molar-refractivity contribution in [1.82, 2.24) is 5.32 Å². The molecule has 7 heteroatoms. The number of amides is 1. The zero-order chi connectivity index (χ0) is 18.1. The van der Waals surface area contributed by atoms with Crippen LogP contribution in [0.25, 0.3) is 0 Å². The van der Waals surface area contributed by atoms with E-state index in [2.05, 4.69) is 5.32 Å². The summed E-state index contributed by atoms with van der Waals surface area (Å²) in [4.78, 5) is 12.5. The summed E-state index contributed by atoms with van der Waals surface area (Å²) in [7, 11) is -3.41. The summed E-state index contributed by atoms with van der Waals surface area (Å²) >= 11 is 5.75. The molecule has 0 aliphatic heterocycles. The average Bonchev–Trinajstić information content (AvgIpc) is 2.49. The van der Waals surface area contributed by atoms with Gasteiger partial charge in [-0.1, -0.05) is 23.7 Å². The zero-order valence-corrected chi connectivity index (χ0v) is 15.0. The van der Waals surface area contributed by atoms with E-state index < -0.39 is 27.6 Å². The molecule has 0 aliphatic carbocycles. The Morgan fingerprint density at radius 1 is 1.21 bits per heavy atom. The number of hydrogen-bond acceptors (Lipinski definition) is 3. The third-order valence-corrected chi connectivity index (χ3v) is 5.07. The Labute approximate surface area is 145 Å². The monoisotopic (exact) mass is 369 g/mol. The van der Waals surface area contributed by atoms with Crippen molar-refractivity contribution in [2.24, 2.45) is 0 Å². The Bertz CT molecular complexity index is 897. The number of carbonyl (C=O) groups is 1. The lowest BCUT2D eigenvalue weighted by Crippen LogP contribution is -2.27. The predicted molar refractivity (Wildman–Crippen MR) is 91.6 cm³/mol. The second-order valence-corrected chi connectivity index (χ2v) is 8.04. The van der Waals surface area contributed by atoms with E-state index in [-0.39, 0.29) is 15.5 Å². The highest BCUT2D eigenvalue weighted by atomic mass is 35.5. The van der Waals surface area contributed by atoms with Crippen LogP contribution in [0.3, 0.4) is 0 Å². The highest BCUT2D eigenvalue weighted by Crippen LogP contribution is 2.22. The van der Waals surface area contributed by atoms with Gasteiger partial charge in [0.25, 0.3) is 5.91 Å². The molecule has 0 spiro atoms. The largest absolute Gasteiger partial charge is 0.346 e. The highest BCUT2D eigenvalue weighted by Gasteiger charge is 2.17. The molecule has 0 saturated heterocycles. The first kappa shape index (κ1) is 18.4. The molecular weight excluding hydrogens is 353 g/mol. The molecule has 1 amide bonds. The van der Waals surface area contributed by atoms with Crippen molar-refractivity contribution in [2.75, 3.05) is 6.26 Å². The summed E-state index contributed by atoms with van der Waals surface area (Å²) in [5.74, 6) is -0.943. The van der Waals surface area contributed by atoms with Gasteiger partial charge >= 0.3 is 0 Å². The zero-order valence-electron chi connectivity index (χ0n) is 13.4. The van der Waals surface area contributed by atoms with Gasteiger partial charge in [0.05, 0.1) is 16.0 Å². The van der Waals surface area contributed by atoms with Gasteiger partial charge in [-0.05, 0) is 49.2 Å². The van der Waals surface area contributed by atoms with E-state index in [9.17, 15) is 17.6 Å². The molecule has 0 radical (unpaired) electrons. The Hall–Kier alpha value is -1.92. The molecule has 0 aromatic heterocycles. The molecule has 0 saturated carbocycles. The Balaban J connectivity index is 2.27. The van der Waals surface area contributed by atoms with Gasteiger partial charge in [0.2, 0.25) is 0 Å². The minimum atomic E-state index is -3.41. The maximum Gasteiger partial charge on any atom is 0.252 e. The van der Waals surface area contributed by atoms with Gasteiger partial charge in [0.1, 0.15) is 5.82 Å². The highest BCUT2D eigenvalue weighted by molar-refractivity contribution is 7.90. The molecule has 4 nitrogen and oxygen atoms in total. The van der Waals surface area contributed by atoms with Crippen molar-refractivity contribution in [3.8, 4) is 0 Å². The van der Waals surface area contributed by atoms with Gasteiger partial charge in [-0.15, -0.1) is 0 Å². The molecule has 1 N–H and O–H groups in total. The minimum absolute atomic E-state index is 0.0242. The van der Waals surface area contributed by atoms with E-state index in [1.54, 1.807) is 19.9 Å². The van der Waals surface area contributed by atoms with Crippen LogP contribution in [0.15, 0.2) is 41.3 Å². The number of carbonyl (C=O) groups excluding carboxylic acids is 1. The van der Waals surface area contributed by atoms with Gasteiger partial charge in [-0.2, -0.15) is 0 Å². The molecule has 2 aromatic rings. The SMILES string of the molecule is Cc1ccc(S(C)(=O)=O)cc1C(=O)NC(C)c1ccc(F)c(Cl)c1. The first-order chi connectivity index (χ1) is 11.1. The van der Waals surface area contributed by atoms with Crippen LogP contribution in [-0.4, -0.2) is 20.6 Å². The van der Waals surface area contributed by atoms with E-state index >= 15 is 0 Å². The summed E-state index contributed by atoms with van der Waals surface area (Å²) in [6.07, 6.45) is 1.09. The maximum absolute atomic E-state index is 13.2. The maximum atomic E-state index is 13.2. The van der Waals surface area contributed by atoms with Crippen molar-refractivity contribution in [3.05, 3.63) is 63.9 Å². The van der Waals surface area contributed by atoms with Crippen molar-refractivity contribution in [1.29, 1.82) is 0 Å². The quantitative estimate of drug-likeness (QED) is 0.894. The average molecular weight is 370 g/mol. The standard InChI is InChI=1S/C17H17ClFNO3S/c1-10-4-6-13(24(3,22)23)9-14(10)17(21)20-11(2)12-5-7-16(19)15(18)8-12/h4-9,11H,1-3H3,(H,20,21). The predicted octanol–water partition coefficient (Wildman–Crippen LogP) is 3.68. The molecular formula is C17H17ClFNO3S. The molecule has 0 bridgehead atoms. The smallest absolute Gasteiger partial charge is 0.252 e. The van der Waals surface area contributed by atoms with Crippen LogP contribution in [0.5, 0.6) is 0 Å². The molecule has 0 aliphatic rings. The van der Waals surface area contributed by atoms with E-state index in [4.69, 9.17) is 11.6 Å². The van der Waals surface area contributed by atoms with Crippen LogP contribution in [0, 0.1) is 12.7 Å². The molecule has 1 atom stereocenters. The lowest BCUT2D eigenvalue weighted by Gasteiger charge is -2.16. The van der Waals surface area contributed by atoms with E-state index in [0.29, 0.717) is 11.1 Å². The summed E-state index contributed by atoms with van der Waals surface area (Å²) in [5.41, 5.74) is 1.58. The molecule has 128 valence electrons. The van der Waals surface area contributed by atoms with Crippen molar-refractivity contribution >= 4 is 27.3 Å². The van der Waals surface area contributed by atoms with Crippen LogP contribution >= 0.6 is 11.6 Å². The van der Waals surface area contributed by atoms with Gasteiger partial charge < -0.3 is 5.32 Å². The molecule has 24 heavy (non-hydrogen) atoms. The number of aryl methyl sites for hydroxylation is 1. The molecule has 0 fully saturated rings. The van der Waals surface area contributed by atoms with Gasteiger partial charge in [-0.3, -0.25) is 4.79 Å². The second-order valence-electron chi connectivity index (χ2n) is 5.62. The van der Waals surface area contributed by atoms with Crippen LogP contribution in [0.1, 0.15) is 34.5 Å². The number of rotatable bonds is 4. The van der Waals surface area contributed by atoms with Gasteiger partial charge in [-0.25, -0.2) is 12.8 Å². The van der Waals surface area contributed by atoms with E-state index in [1.165, 1.54) is 30.3 Å². The summed E-state index contributed by atoms with van der Waals surface area (Å²) in [6, 6.07) is 8.19. The molecule has 2 aromatic carbocycles. The van der Waals surface area contributed by atoms with Crippen molar-refractivity contribution < 1.29 is 17.6 Å². The lowest BCUT2D eigenvalue weighted by molar-refractivity contribution is 0.0939. The Kier molecular flexibility index (Phi) is 5.30. The fourth-order valence-corrected chi connectivity index (χ4v) is 3.05. The third-order valence-electron chi connectivity index (χ3n) is 3.67. The third kappa shape index (κ3) is 4.13. The number of benzene rings is 2. The first-order valence-electron chi connectivity index (χ1n) is 7.16. The molecule has 0 heterocycles. The van der Waals surface area contributed by atoms with Crippen LogP contribution in [0.2, 0.25) is 5.02 Å². The second kappa shape index (κ2) is 6.91. The molecule has 2 rings (SSSR count). The number of nitrogens with one attached hydrogen (secondary N) is 1. The Morgan fingerprint density at radius 2 is 1.88 bits per heavy atom. The van der Waals surface area contributed by atoms with Gasteiger partial charge in [0, 0.05) is 11.8 Å². The van der Waals surface area contributed by atoms with Gasteiger partial charge in [0.15, 0.2) is 9.84 Å². The molecule has 1 unspecified atom stereocenters. The fourth-order valence-electron chi connectivity index (χ4n) is 2.22. The van der Waals surface area contributed by atoms with Crippen LogP contribution in [-0.2, 0) is 9.84 Å². The number of sulfone groups is 1. The number of hydrogen-bond donors (Lipinski definition) is 1. The first-order valence-corrected chi connectivity index (χ1v) is 9.43. The minimum Gasteiger partial charge on any atom is -0.346 e. The summed E-state index contributed by atoms with van der Waals surface area (Å²) < 4.78 is 36.5. The van der Waals surface area contributed by atoms with Crippen LogP contribution < -0.4 is 5.32 Å². The summed E-state index contributed by atoms with van der Waals surface area (Å²) in [6.45, 7) is 3.46. The van der Waals surface area contributed by atoms with E-state index in [1.807, 2.05) is 0 Å². The van der Waals surface area contributed by atoms with Crippen molar-refractivity contribution in [3.63, 3.8) is 0 Å². The van der Waals surface area contributed by atoms with Crippen LogP contribution in [0.4, 0.5) is 4.39 Å².